The third-order valence-electron chi connectivity index (χ3n) is 3.81. The summed E-state index contributed by atoms with van der Waals surface area (Å²) in [5, 5.41) is 10.0. The molecule has 2 aliphatic carbocycles. The zero-order valence-electron chi connectivity index (χ0n) is 12.0. The molecular formula is C15H14O6S. The average molecular weight is 322 g/mol. The molecular weight excluding hydrogens is 308 g/mol. The van der Waals surface area contributed by atoms with Gasteiger partial charge in [-0.15, -0.1) is 0 Å². The van der Waals surface area contributed by atoms with Crippen LogP contribution in [0.15, 0.2) is 39.2 Å². The predicted octanol–water partition coefficient (Wildman–Crippen LogP) is 2.54. The first-order valence-corrected chi connectivity index (χ1v) is 8.02. The van der Waals surface area contributed by atoms with Crippen molar-refractivity contribution >= 4 is 15.0 Å². The standard InChI is InChI=1S/C15H14O6S/c1-15(2)7-11(17)14(22(18,19)20)13-10(15)5-8-3-4-9(16)6-12(8)21-13/h3-6,17H,7H2,1-2H3,(H,18,19,20). The number of benzene rings is 1. The highest BCUT2D eigenvalue weighted by molar-refractivity contribution is 7.95. The van der Waals surface area contributed by atoms with Gasteiger partial charge in [-0.2, -0.15) is 8.42 Å². The van der Waals surface area contributed by atoms with Crippen molar-refractivity contribution in [3.63, 3.8) is 0 Å². The minimum atomic E-state index is -4.66. The largest absolute Gasteiger partial charge is 0.511 e. The van der Waals surface area contributed by atoms with Crippen LogP contribution < -0.4 is 5.43 Å². The summed E-state index contributed by atoms with van der Waals surface area (Å²) in [6, 6.07) is 5.92. The van der Waals surface area contributed by atoms with Crippen LogP contribution in [0.3, 0.4) is 0 Å². The molecule has 0 amide bonds. The summed E-state index contributed by atoms with van der Waals surface area (Å²) in [5.41, 5.74) is 0.320. The lowest BCUT2D eigenvalue weighted by molar-refractivity contribution is 0.331. The Morgan fingerprint density at radius 2 is 1.91 bits per heavy atom. The number of hydrogen-bond acceptors (Lipinski definition) is 5. The SMILES string of the molecule is CC1(C)CC(O)=C(S(=O)(=O)O)c2oc3cc(=O)ccc-3cc21. The van der Waals surface area contributed by atoms with Gasteiger partial charge in [-0.25, -0.2) is 0 Å². The zero-order chi connectivity index (χ0) is 16.3. The molecule has 0 aromatic heterocycles. The van der Waals surface area contributed by atoms with E-state index < -0.39 is 26.2 Å². The molecule has 1 aliphatic heterocycles. The molecule has 2 N–H and O–H groups in total. The van der Waals surface area contributed by atoms with Gasteiger partial charge in [0.05, 0.1) is 0 Å². The first kappa shape index (κ1) is 14.8. The fraction of sp³-hybridized carbons (Fsp3) is 0.267. The lowest BCUT2D eigenvalue weighted by Gasteiger charge is -2.32. The fourth-order valence-corrected chi connectivity index (χ4v) is 3.53. The van der Waals surface area contributed by atoms with Crippen LogP contribution in [0, 0.1) is 0 Å². The van der Waals surface area contributed by atoms with Gasteiger partial charge < -0.3 is 9.52 Å². The molecule has 7 heteroatoms. The van der Waals surface area contributed by atoms with Crippen LogP contribution in [0.2, 0.25) is 0 Å². The summed E-state index contributed by atoms with van der Waals surface area (Å²) in [5.74, 6) is -0.395. The van der Waals surface area contributed by atoms with E-state index in [9.17, 15) is 22.9 Å². The molecule has 0 fully saturated rings. The summed E-state index contributed by atoms with van der Waals surface area (Å²) in [4.78, 5) is 10.8. The van der Waals surface area contributed by atoms with Crippen molar-refractivity contribution < 1.29 is 22.5 Å². The van der Waals surface area contributed by atoms with E-state index in [1.54, 1.807) is 12.1 Å². The van der Waals surface area contributed by atoms with Gasteiger partial charge in [-0.3, -0.25) is 9.35 Å². The topological polar surface area (TPSA) is 105 Å². The highest BCUT2D eigenvalue weighted by Crippen LogP contribution is 2.45. The van der Waals surface area contributed by atoms with Crippen LogP contribution in [0.4, 0.5) is 0 Å². The lowest BCUT2D eigenvalue weighted by Crippen LogP contribution is -2.26. The van der Waals surface area contributed by atoms with Crippen molar-refractivity contribution in [2.24, 2.45) is 0 Å². The Bertz CT molecular complexity index is 933. The van der Waals surface area contributed by atoms with Crippen molar-refractivity contribution in [3.8, 4) is 11.3 Å². The lowest BCUT2D eigenvalue weighted by atomic mass is 9.76. The maximum atomic E-state index is 11.6. The van der Waals surface area contributed by atoms with Crippen LogP contribution in [0.25, 0.3) is 16.2 Å². The van der Waals surface area contributed by atoms with Crippen molar-refractivity contribution in [2.45, 2.75) is 25.7 Å². The van der Waals surface area contributed by atoms with Gasteiger partial charge >= 0.3 is 10.1 Å². The number of allylic oxidation sites excluding steroid dienone is 1. The normalized spacial score (nSPS) is 17.6. The molecule has 0 saturated heterocycles. The summed E-state index contributed by atoms with van der Waals surface area (Å²) >= 11 is 0. The molecule has 0 spiro atoms. The quantitative estimate of drug-likeness (QED) is 0.782. The van der Waals surface area contributed by atoms with Crippen LogP contribution in [0.5, 0.6) is 0 Å². The monoisotopic (exact) mass is 322 g/mol. The maximum Gasteiger partial charge on any atom is 0.301 e. The summed E-state index contributed by atoms with van der Waals surface area (Å²) < 4.78 is 38.1. The number of fused-ring (bicyclic) bond motifs is 2. The molecule has 0 aromatic rings. The van der Waals surface area contributed by atoms with E-state index >= 15 is 0 Å². The first-order chi connectivity index (χ1) is 10.1. The van der Waals surface area contributed by atoms with E-state index in [4.69, 9.17) is 4.42 Å². The summed E-state index contributed by atoms with van der Waals surface area (Å²) in [7, 11) is -4.66. The molecule has 0 atom stereocenters. The van der Waals surface area contributed by atoms with E-state index in [1.807, 2.05) is 13.8 Å². The van der Waals surface area contributed by atoms with Crippen molar-refractivity contribution in [3.05, 3.63) is 51.6 Å². The molecule has 3 aliphatic rings. The molecule has 0 aromatic carbocycles. The van der Waals surface area contributed by atoms with E-state index in [-0.39, 0.29) is 23.4 Å². The van der Waals surface area contributed by atoms with Crippen molar-refractivity contribution in [1.82, 2.24) is 0 Å². The van der Waals surface area contributed by atoms with Crippen LogP contribution in [-0.2, 0) is 15.5 Å². The van der Waals surface area contributed by atoms with Crippen LogP contribution in [0.1, 0.15) is 31.6 Å². The van der Waals surface area contributed by atoms with Gasteiger partial charge in [0, 0.05) is 29.0 Å². The fourth-order valence-electron chi connectivity index (χ4n) is 2.77. The minimum Gasteiger partial charge on any atom is -0.511 e. The highest BCUT2D eigenvalue weighted by atomic mass is 32.2. The Kier molecular flexibility index (Phi) is 2.99. The van der Waals surface area contributed by atoms with Gasteiger partial charge in [0.15, 0.2) is 16.1 Å². The van der Waals surface area contributed by atoms with Crippen LogP contribution in [-0.4, -0.2) is 18.1 Å². The molecule has 0 saturated carbocycles. The molecule has 1 heterocycles. The Hall–Kier alpha value is -2.12. The van der Waals surface area contributed by atoms with E-state index in [0.29, 0.717) is 11.1 Å². The molecule has 116 valence electrons. The Labute approximate surface area is 126 Å². The third-order valence-corrected chi connectivity index (χ3v) is 4.74. The molecule has 0 unspecified atom stereocenters. The second-order valence-electron chi connectivity index (χ2n) is 6.00. The average Bonchev–Trinajstić information content (AvgIpc) is 2.34. The second kappa shape index (κ2) is 4.44. The smallest absolute Gasteiger partial charge is 0.301 e. The van der Waals surface area contributed by atoms with Crippen LogP contribution >= 0.6 is 0 Å². The molecule has 0 bridgehead atoms. The second-order valence-corrected chi connectivity index (χ2v) is 7.36. The Morgan fingerprint density at radius 1 is 1.23 bits per heavy atom. The van der Waals surface area contributed by atoms with Gasteiger partial charge in [-0.05, 0) is 18.2 Å². The molecule has 3 rings (SSSR count). The Morgan fingerprint density at radius 3 is 2.55 bits per heavy atom. The number of aliphatic hydroxyl groups is 1. The van der Waals surface area contributed by atoms with E-state index in [1.165, 1.54) is 12.1 Å². The van der Waals surface area contributed by atoms with Gasteiger partial charge in [0.1, 0.15) is 11.5 Å². The first-order valence-electron chi connectivity index (χ1n) is 6.58. The minimum absolute atomic E-state index is 0.0514. The zero-order valence-corrected chi connectivity index (χ0v) is 12.8. The number of rotatable bonds is 1. The maximum absolute atomic E-state index is 11.6. The molecule has 6 nitrogen and oxygen atoms in total. The van der Waals surface area contributed by atoms with E-state index in [2.05, 4.69) is 0 Å². The highest BCUT2D eigenvalue weighted by Gasteiger charge is 2.40. The Balaban J connectivity index is 2.46. The molecule has 22 heavy (non-hydrogen) atoms. The summed E-state index contributed by atoms with van der Waals surface area (Å²) in [6.45, 7) is 3.65. The molecule has 0 radical (unpaired) electrons. The van der Waals surface area contributed by atoms with Gasteiger partial charge in [0.25, 0.3) is 0 Å². The number of aliphatic hydroxyl groups excluding tert-OH is 1. The van der Waals surface area contributed by atoms with Gasteiger partial charge in [-0.1, -0.05) is 13.8 Å². The third kappa shape index (κ3) is 2.22. The summed E-state index contributed by atoms with van der Waals surface area (Å²) in [6.07, 6.45) is 0.0514. The predicted molar refractivity (Wildman–Crippen MR) is 80.3 cm³/mol. The van der Waals surface area contributed by atoms with Crippen molar-refractivity contribution in [1.29, 1.82) is 0 Å². The van der Waals surface area contributed by atoms with Crippen molar-refractivity contribution in [2.75, 3.05) is 0 Å². The number of hydrogen-bond donors (Lipinski definition) is 2. The van der Waals surface area contributed by atoms with Gasteiger partial charge in [0.2, 0.25) is 0 Å². The van der Waals surface area contributed by atoms with E-state index in [0.717, 1.165) is 0 Å².